The van der Waals surface area contributed by atoms with Crippen LogP contribution in [0.3, 0.4) is 0 Å². The van der Waals surface area contributed by atoms with E-state index in [9.17, 15) is 13.7 Å². The molecule has 3 aliphatic heterocycles. The lowest BCUT2D eigenvalue weighted by atomic mass is 10.3. The molecule has 236 valence electrons. The monoisotopic (exact) mass is 634 g/mol. The van der Waals surface area contributed by atoms with Gasteiger partial charge in [0, 0.05) is 39.3 Å². The van der Waals surface area contributed by atoms with Gasteiger partial charge < -0.3 is 33.1 Å². The van der Waals surface area contributed by atoms with E-state index in [1.165, 1.54) is 4.67 Å². The average molecular weight is 635 g/mol. The summed E-state index contributed by atoms with van der Waals surface area (Å²) in [6.45, 7) is 5.89. The minimum atomic E-state index is -3.44. The molecule has 15 nitrogen and oxygen atoms in total. The second-order valence-electron chi connectivity index (χ2n) is 10.8. The maximum absolute atomic E-state index is 14.1. The molecule has 3 unspecified atom stereocenters. The van der Waals surface area contributed by atoms with Gasteiger partial charge in [0.1, 0.15) is 0 Å². The molecule has 0 spiro atoms. The van der Waals surface area contributed by atoms with E-state index in [1.54, 1.807) is 61.0 Å². The summed E-state index contributed by atoms with van der Waals surface area (Å²) in [5.41, 5.74) is 0. The zero-order valence-electron chi connectivity index (χ0n) is 24.9. The van der Waals surface area contributed by atoms with Crippen molar-refractivity contribution in [2.75, 3.05) is 115 Å². The molecule has 18 heteroatoms. The van der Waals surface area contributed by atoms with Gasteiger partial charge in [-0.25, -0.2) is 23.4 Å². The summed E-state index contributed by atoms with van der Waals surface area (Å²) >= 11 is 0. The van der Waals surface area contributed by atoms with E-state index in [0.717, 1.165) is 6.54 Å². The van der Waals surface area contributed by atoms with Crippen molar-refractivity contribution in [2.24, 2.45) is 0 Å². The van der Waals surface area contributed by atoms with Crippen LogP contribution in [0, 0.1) is 0 Å². The number of nitrogens with zero attached hydrogens (tertiary/aromatic N) is 5. The topological polar surface area (TPSA) is 135 Å². The van der Waals surface area contributed by atoms with Crippen molar-refractivity contribution in [1.82, 2.24) is 28.7 Å². The fourth-order valence-electron chi connectivity index (χ4n) is 4.59. The van der Waals surface area contributed by atoms with E-state index in [2.05, 4.69) is 5.32 Å². The molecule has 0 aromatic heterocycles. The summed E-state index contributed by atoms with van der Waals surface area (Å²) in [6.07, 6.45) is -0.974. The van der Waals surface area contributed by atoms with Gasteiger partial charge in [0.05, 0.1) is 57.5 Å². The Bertz CT molecular complexity index is 917. The first-order valence-electron chi connectivity index (χ1n) is 13.6. The van der Waals surface area contributed by atoms with Crippen molar-refractivity contribution in [2.45, 2.75) is 31.3 Å². The second kappa shape index (κ2) is 15.8. The Morgan fingerprint density at radius 1 is 0.825 bits per heavy atom. The molecular formula is C22H49N6O9P3. The lowest BCUT2D eigenvalue weighted by Crippen LogP contribution is -2.48. The second-order valence-corrected chi connectivity index (χ2v) is 17.7. The van der Waals surface area contributed by atoms with Crippen LogP contribution >= 0.6 is 23.5 Å². The van der Waals surface area contributed by atoms with E-state index < -0.39 is 35.7 Å². The number of morpholine rings is 3. The molecule has 3 heterocycles. The Hall–Kier alpha value is 0.210. The van der Waals surface area contributed by atoms with E-state index in [0.29, 0.717) is 45.9 Å². The molecular weight excluding hydrogens is 585 g/mol. The maximum atomic E-state index is 14.1. The molecule has 40 heavy (non-hydrogen) atoms. The highest BCUT2D eigenvalue weighted by molar-refractivity contribution is 7.54. The van der Waals surface area contributed by atoms with Crippen molar-refractivity contribution in [3.63, 3.8) is 0 Å². The van der Waals surface area contributed by atoms with Crippen LogP contribution in [0.15, 0.2) is 0 Å². The molecule has 0 aromatic rings. The third-order valence-electron chi connectivity index (χ3n) is 6.80. The van der Waals surface area contributed by atoms with Gasteiger partial charge in [-0.15, -0.1) is 0 Å². The van der Waals surface area contributed by atoms with E-state index in [-0.39, 0.29) is 32.0 Å². The van der Waals surface area contributed by atoms with Crippen LogP contribution in [0.1, 0.15) is 6.92 Å². The molecule has 0 saturated carbocycles. The van der Waals surface area contributed by atoms with Gasteiger partial charge in [-0.1, -0.05) is 0 Å². The Kier molecular flexibility index (Phi) is 13.7. The van der Waals surface area contributed by atoms with E-state index >= 15 is 0 Å². The highest BCUT2D eigenvalue weighted by atomic mass is 31.2. The fourth-order valence-corrected chi connectivity index (χ4v) is 9.15. The Morgan fingerprint density at radius 3 is 1.80 bits per heavy atom. The van der Waals surface area contributed by atoms with E-state index in [4.69, 9.17) is 27.8 Å². The number of hydrogen-bond acceptors (Lipinski definition) is 10. The first-order chi connectivity index (χ1) is 18.8. The zero-order valence-corrected chi connectivity index (χ0v) is 27.7. The van der Waals surface area contributed by atoms with Crippen molar-refractivity contribution in [3.05, 3.63) is 0 Å². The first kappa shape index (κ1) is 34.7. The largest absolute Gasteiger partial charge is 0.373 e. The lowest BCUT2D eigenvalue weighted by molar-refractivity contribution is -0.0561. The molecule has 3 saturated heterocycles. The summed E-state index contributed by atoms with van der Waals surface area (Å²) in [5, 5.41) is 3.30. The van der Waals surface area contributed by atoms with Crippen LogP contribution in [0.2, 0.25) is 0 Å². The normalized spacial score (nSPS) is 31.4. The van der Waals surface area contributed by atoms with Gasteiger partial charge in [0.25, 0.3) is 8.18 Å². The fraction of sp³-hybridized carbons (Fsp3) is 1.00. The minimum absolute atomic E-state index is 0.0411. The minimum Gasteiger partial charge on any atom is -0.373 e. The lowest BCUT2D eigenvalue weighted by Gasteiger charge is -2.42. The van der Waals surface area contributed by atoms with Crippen molar-refractivity contribution >= 4 is 23.5 Å². The van der Waals surface area contributed by atoms with Gasteiger partial charge in [-0.3, -0.25) is 13.7 Å². The zero-order chi connectivity index (χ0) is 29.5. The summed E-state index contributed by atoms with van der Waals surface area (Å²) in [7, 11) is 1.13. The highest BCUT2D eigenvalue weighted by Gasteiger charge is 2.42. The predicted octanol–water partition coefficient (Wildman–Crippen LogP) is 1.11. The molecule has 3 aliphatic rings. The molecule has 0 aliphatic carbocycles. The molecule has 3 fully saturated rings. The first-order valence-corrected chi connectivity index (χ1v) is 18.0. The number of ether oxygens (including phenoxy) is 3. The number of rotatable bonds is 14. The van der Waals surface area contributed by atoms with Gasteiger partial charge in [0.2, 0.25) is 0 Å². The van der Waals surface area contributed by atoms with Gasteiger partial charge in [-0.2, -0.15) is 0 Å². The Balaban J connectivity index is 1.59. The molecule has 0 aromatic carbocycles. The van der Waals surface area contributed by atoms with Gasteiger partial charge >= 0.3 is 15.3 Å². The van der Waals surface area contributed by atoms with Crippen molar-refractivity contribution in [1.29, 1.82) is 0 Å². The standard InChI is InChI=1S/C22H49N6O9P3/c1-19-12-23-13-20(37-19)17-35-39(30,25(4)5)28-9-11-33-22(15-28)18-36-40(31,26(6)7)27-8-10-32-21(14-27)16-34-38(29)24(2)3/h19-23,38H,8-18H2,1-7H3/t19-,20-,21-,22-,39?,40?/m0/s1. The van der Waals surface area contributed by atoms with Crippen LogP contribution in [0.4, 0.5) is 0 Å². The van der Waals surface area contributed by atoms with Crippen molar-refractivity contribution in [3.8, 4) is 0 Å². The van der Waals surface area contributed by atoms with Gasteiger partial charge in [-0.05, 0) is 49.2 Å². The van der Waals surface area contributed by atoms with Crippen LogP contribution in [0.5, 0.6) is 0 Å². The summed E-state index contributed by atoms with van der Waals surface area (Å²) < 4.78 is 83.5. The van der Waals surface area contributed by atoms with Crippen LogP contribution in [0.25, 0.3) is 0 Å². The average Bonchev–Trinajstić information content (AvgIpc) is 2.93. The Labute approximate surface area is 239 Å². The molecule has 0 bridgehead atoms. The molecule has 7 atom stereocenters. The third kappa shape index (κ3) is 9.35. The van der Waals surface area contributed by atoms with Crippen LogP contribution in [-0.4, -0.2) is 162 Å². The molecule has 0 amide bonds. The SMILES string of the molecule is C[C@H]1CNC[C@@H](COP(=O)(N(C)C)N2CCO[C@H](COP(=O)(N(C)C)N3CCO[C@H](CO[PH](=O)N(C)C)C3)C2)O1. The van der Waals surface area contributed by atoms with E-state index in [1.807, 2.05) is 6.92 Å². The summed E-state index contributed by atoms with van der Waals surface area (Å²) in [6, 6.07) is 0. The molecule has 3 rings (SSSR count). The molecule has 0 radical (unpaired) electrons. The van der Waals surface area contributed by atoms with Crippen molar-refractivity contribution < 1.29 is 41.5 Å². The van der Waals surface area contributed by atoms with Crippen LogP contribution in [-0.2, 0) is 41.5 Å². The smallest absolute Gasteiger partial charge is 0.345 e. The summed E-state index contributed by atoms with van der Waals surface area (Å²) in [5.74, 6) is 0. The third-order valence-corrected chi connectivity index (χ3v) is 13.1. The quantitative estimate of drug-likeness (QED) is 0.273. The molecule has 1 N–H and O–H groups in total. The van der Waals surface area contributed by atoms with Crippen LogP contribution < -0.4 is 5.32 Å². The Morgan fingerprint density at radius 2 is 1.32 bits per heavy atom. The summed E-state index contributed by atoms with van der Waals surface area (Å²) in [4.78, 5) is 0. The number of nitrogens with one attached hydrogen (secondary N) is 1. The highest BCUT2D eigenvalue weighted by Crippen LogP contribution is 2.55. The maximum Gasteiger partial charge on any atom is 0.345 e. The van der Waals surface area contributed by atoms with Gasteiger partial charge in [0.15, 0.2) is 0 Å². The number of hydrogen-bond donors (Lipinski definition) is 1. The predicted molar refractivity (Wildman–Crippen MR) is 153 cm³/mol.